The second kappa shape index (κ2) is 40.5. The Morgan fingerprint density at radius 3 is 1.15 bits per heavy atom. The maximum absolute atomic E-state index is 14.2. The van der Waals surface area contributed by atoms with Crippen LogP contribution in [-0.2, 0) is 57.0 Å². The predicted molar refractivity (Wildman–Crippen MR) is 359 cm³/mol. The molecule has 4 bridgehead atoms. The third-order valence-electron chi connectivity index (χ3n) is 21.9. The predicted octanol–water partition coefficient (Wildman–Crippen LogP) is 9.00. The lowest BCUT2D eigenvalue weighted by atomic mass is 9.78. The van der Waals surface area contributed by atoms with Crippen LogP contribution in [-0.4, -0.2) is 216 Å². The molecule has 0 aromatic rings. The number of carbonyl (C=O) groups is 2. The van der Waals surface area contributed by atoms with Crippen molar-refractivity contribution in [3.8, 4) is 0 Å². The summed E-state index contributed by atoms with van der Waals surface area (Å²) in [7, 11) is 6.56. The van der Waals surface area contributed by atoms with Gasteiger partial charge in [-0.15, -0.1) is 0 Å². The van der Waals surface area contributed by atoms with Crippen LogP contribution in [0.3, 0.4) is 0 Å². The van der Waals surface area contributed by atoms with Crippen molar-refractivity contribution in [1.29, 1.82) is 0 Å². The van der Waals surface area contributed by atoms with Crippen molar-refractivity contribution in [1.82, 2.24) is 0 Å². The number of rotatable bonds is 16. The molecule has 8 N–H and O–H groups in total. The Bertz CT molecular complexity index is 2160. The normalized spacial score (nSPS) is 40.3. The smallest absolute Gasteiger partial charge is 0.333 e. The van der Waals surface area contributed by atoms with Crippen LogP contribution >= 0.6 is 0 Å². The van der Waals surface area contributed by atoms with Gasteiger partial charge in [0, 0.05) is 101 Å². The van der Waals surface area contributed by atoms with Crippen LogP contribution in [0.1, 0.15) is 199 Å². The number of methoxy groups -OCH3 is 4. The first-order chi connectivity index (χ1) is 44.5. The van der Waals surface area contributed by atoms with E-state index in [-0.39, 0.29) is 110 Å². The van der Waals surface area contributed by atoms with E-state index in [0.717, 1.165) is 25.7 Å². The highest BCUT2D eigenvalue weighted by atomic mass is 16.6. The molecule has 30 unspecified atom stereocenters. The van der Waals surface area contributed by atoms with E-state index in [1.807, 2.05) is 79.7 Å². The molecule has 94 heavy (non-hydrogen) atoms. The monoisotopic (exact) mass is 1340 g/mol. The van der Waals surface area contributed by atoms with Gasteiger partial charge in [-0.25, -0.2) is 9.59 Å². The number of fused-ring (bicyclic) bond motifs is 4. The number of hydrogen-bond acceptors (Lipinski definition) is 20. The minimum atomic E-state index is -1.18. The first-order valence-corrected chi connectivity index (χ1v) is 35.7. The van der Waals surface area contributed by atoms with Crippen LogP contribution in [0.5, 0.6) is 0 Å². The van der Waals surface area contributed by atoms with Crippen LogP contribution in [0.2, 0.25) is 0 Å². The molecular formula is C74H128O20. The highest BCUT2D eigenvalue weighted by Gasteiger charge is 2.43. The Morgan fingerprint density at radius 2 is 0.809 bits per heavy atom. The van der Waals surface area contributed by atoms with Gasteiger partial charge in [0.2, 0.25) is 0 Å². The number of cyclic esters (lactones) is 2. The van der Waals surface area contributed by atoms with E-state index < -0.39 is 133 Å². The fourth-order valence-corrected chi connectivity index (χ4v) is 15.0. The van der Waals surface area contributed by atoms with Crippen LogP contribution in [0.25, 0.3) is 0 Å². The average molecular weight is 1340 g/mol. The minimum absolute atomic E-state index is 0.0361. The van der Waals surface area contributed by atoms with Crippen molar-refractivity contribution in [2.75, 3.05) is 28.4 Å². The van der Waals surface area contributed by atoms with E-state index in [4.69, 9.17) is 47.4 Å². The average Bonchev–Trinajstić information content (AvgIpc) is 0.882. The fraction of sp³-hybridized carbons (Fsp3) is 0.865. The van der Waals surface area contributed by atoms with Crippen molar-refractivity contribution in [3.05, 3.63) is 47.6 Å². The highest BCUT2D eigenvalue weighted by Crippen LogP contribution is 2.37. The molecule has 20 heteroatoms. The summed E-state index contributed by atoms with van der Waals surface area (Å²) >= 11 is 0. The molecule has 5 aliphatic rings. The third kappa shape index (κ3) is 25.5. The van der Waals surface area contributed by atoms with Crippen LogP contribution < -0.4 is 0 Å². The summed E-state index contributed by atoms with van der Waals surface area (Å²) in [6.45, 7) is 22.1. The van der Waals surface area contributed by atoms with Crippen molar-refractivity contribution in [3.63, 3.8) is 0 Å². The van der Waals surface area contributed by atoms with Crippen molar-refractivity contribution in [2.45, 2.75) is 333 Å². The topological polar surface area (TPSA) is 288 Å². The molecule has 30 atom stereocenters. The standard InChI is InChI=1S/C74H128O20/c1-41(25-29-59-35-61(85-13)31-45(5)89-59)69(81)51(11)71-49(9)65(79)39-63(77)47(7)67(87-15)37-57-21-18-20-56(92-57)34-54(76)28-24-44(4)74(84)94-72(52(12)70(82)42(2)26-30-60-36-62(86-14)32-46(6)90-60)50(10)66(80)40-64(78)48(8)68(88-16)38-58-22-17-19-55(91-58)33-53(75)27-23-43(3)73(83)93-71/h17-20,23-24,41-42,45-72,75-82H,21-22,25-40H2,1-16H3. The second-order valence-corrected chi connectivity index (χ2v) is 29.5. The molecule has 0 amide bonds. The van der Waals surface area contributed by atoms with Crippen LogP contribution in [0, 0.1) is 47.3 Å². The lowest BCUT2D eigenvalue weighted by molar-refractivity contribution is -0.160. The maximum Gasteiger partial charge on any atom is 0.333 e. The quantitative estimate of drug-likeness (QED) is 0.0528. The Morgan fingerprint density at radius 1 is 0.457 bits per heavy atom. The van der Waals surface area contributed by atoms with Gasteiger partial charge in [0.1, 0.15) is 12.2 Å². The molecule has 5 aliphatic heterocycles. The van der Waals surface area contributed by atoms with Crippen LogP contribution in [0.4, 0.5) is 0 Å². The van der Waals surface area contributed by atoms with E-state index >= 15 is 0 Å². The van der Waals surface area contributed by atoms with Gasteiger partial charge in [0.15, 0.2) is 0 Å². The van der Waals surface area contributed by atoms with Crippen LogP contribution in [0.15, 0.2) is 47.6 Å². The molecule has 2 saturated heterocycles. The number of ether oxygens (including phenoxy) is 10. The molecule has 5 rings (SSSR count). The van der Waals surface area contributed by atoms with E-state index in [1.54, 1.807) is 68.3 Å². The molecule has 0 aromatic carbocycles. The minimum Gasteiger partial charge on any atom is -0.458 e. The molecule has 0 aliphatic carbocycles. The molecule has 0 saturated carbocycles. The van der Waals surface area contributed by atoms with Gasteiger partial charge >= 0.3 is 11.9 Å². The highest BCUT2D eigenvalue weighted by molar-refractivity contribution is 5.88. The first kappa shape index (κ1) is 81.9. The van der Waals surface area contributed by atoms with E-state index in [2.05, 4.69) is 0 Å². The molecule has 0 spiro atoms. The summed E-state index contributed by atoms with van der Waals surface area (Å²) in [5.41, 5.74) is 0.470. The third-order valence-corrected chi connectivity index (χ3v) is 21.9. The number of esters is 2. The Labute approximate surface area is 563 Å². The van der Waals surface area contributed by atoms with E-state index in [1.165, 1.54) is 0 Å². The fourth-order valence-electron chi connectivity index (χ4n) is 15.0. The molecule has 5 heterocycles. The van der Waals surface area contributed by atoms with Crippen molar-refractivity contribution < 1.29 is 97.8 Å². The maximum atomic E-state index is 14.2. The lowest BCUT2D eigenvalue weighted by Gasteiger charge is -2.38. The molecule has 0 radical (unpaired) electrons. The number of carbonyl (C=O) groups excluding carboxylic acids is 2. The molecule has 20 nitrogen and oxygen atoms in total. The summed E-state index contributed by atoms with van der Waals surface area (Å²) in [5, 5.41) is 94.8. The number of hydrogen-bond donors (Lipinski definition) is 8. The summed E-state index contributed by atoms with van der Waals surface area (Å²) in [5.74, 6) is -5.62. The summed E-state index contributed by atoms with van der Waals surface area (Å²) in [4.78, 5) is 28.4. The van der Waals surface area contributed by atoms with Gasteiger partial charge in [0.05, 0.1) is 122 Å². The van der Waals surface area contributed by atoms with Gasteiger partial charge in [0.25, 0.3) is 0 Å². The van der Waals surface area contributed by atoms with E-state index in [0.29, 0.717) is 51.4 Å². The first-order valence-electron chi connectivity index (χ1n) is 35.7. The second-order valence-electron chi connectivity index (χ2n) is 29.5. The molecular weight excluding hydrogens is 1210 g/mol. The zero-order valence-corrected chi connectivity index (χ0v) is 60.0. The largest absolute Gasteiger partial charge is 0.458 e. The Hall–Kier alpha value is -2.74. The van der Waals surface area contributed by atoms with Crippen molar-refractivity contribution >= 4 is 11.9 Å². The van der Waals surface area contributed by atoms with Gasteiger partial charge in [-0.1, -0.05) is 91.8 Å². The summed E-state index contributed by atoms with van der Waals surface area (Å²) in [6.07, 6.45) is 6.49. The Balaban J connectivity index is 1.38. The summed E-state index contributed by atoms with van der Waals surface area (Å²) < 4.78 is 61.5. The van der Waals surface area contributed by atoms with Gasteiger partial charge in [-0.2, -0.15) is 0 Å². The van der Waals surface area contributed by atoms with E-state index in [9.17, 15) is 50.4 Å². The zero-order valence-electron chi connectivity index (χ0n) is 60.0. The van der Waals surface area contributed by atoms with Crippen molar-refractivity contribution in [2.24, 2.45) is 47.3 Å². The number of aliphatic hydroxyl groups is 8. The molecule has 0 aromatic heterocycles. The van der Waals surface area contributed by atoms with Gasteiger partial charge < -0.3 is 88.2 Å². The van der Waals surface area contributed by atoms with Gasteiger partial charge in [-0.05, 0) is 129 Å². The van der Waals surface area contributed by atoms with Gasteiger partial charge in [-0.3, -0.25) is 0 Å². The number of aliphatic hydroxyl groups excluding tert-OH is 8. The zero-order chi connectivity index (χ0) is 69.7. The SMILES string of the molecule is COC1CC(C)OC(CCC(C)C(O)C(C)C2OC(=O)C(C)=CCC(O)CC3C=CCC(CC(OC)C(C)C(O)CC(O)C(C)C(C(C)C(O)C(C)CCC4CC(OC)CC(C)O4)OC(=O)C(C)=CCC(O)CC4C=CCC(CC(OC)C(C)C(O)CC(O)C2C)O4)O3)C1. The Kier molecular flexibility index (Phi) is 35.3. The molecule has 2 fully saturated rings. The lowest BCUT2D eigenvalue weighted by Crippen LogP contribution is -2.46. The molecule has 544 valence electrons. The summed E-state index contributed by atoms with van der Waals surface area (Å²) in [6, 6.07) is 0.